The van der Waals surface area contributed by atoms with Crippen LogP contribution in [0, 0.1) is 6.92 Å². The number of aryl methyl sites for hydroxylation is 1. The minimum Gasteiger partial charge on any atom is -0.473 e. The van der Waals surface area contributed by atoms with Gasteiger partial charge in [0.25, 0.3) is 0 Å². The fraction of sp³-hybridized carbons (Fsp3) is 0.615. The van der Waals surface area contributed by atoms with Crippen LogP contribution in [0.4, 0.5) is 0 Å². The second kappa shape index (κ2) is 12.0. The topological polar surface area (TPSA) is 48.1 Å². The SMILES string of the molecule is CC.CC.Cc1ccnc(O[C@H](C)CN)c1.[HH]. The van der Waals surface area contributed by atoms with Gasteiger partial charge in [0.05, 0.1) is 0 Å². The van der Waals surface area contributed by atoms with Crippen LogP contribution in [0.2, 0.25) is 0 Å². The third-order valence-corrected chi connectivity index (χ3v) is 1.54. The van der Waals surface area contributed by atoms with Gasteiger partial charge < -0.3 is 10.5 Å². The molecule has 0 saturated carbocycles. The minimum absolute atomic E-state index is 0. The van der Waals surface area contributed by atoms with E-state index in [1.165, 1.54) is 0 Å². The highest BCUT2D eigenvalue weighted by Gasteiger charge is 2.01. The summed E-state index contributed by atoms with van der Waals surface area (Å²) in [7, 11) is 0. The summed E-state index contributed by atoms with van der Waals surface area (Å²) in [6.45, 7) is 12.4. The number of aromatic nitrogens is 1. The Labute approximate surface area is 102 Å². The van der Waals surface area contributed by atoms with Crippen molar-refractivity contribution in [3.8, 4) is 5.88 Å². The number of hydrogen-bond donors (Lipinski definition) is 1. The number of nitrogens with two attached hydrogens (primary N) is 1. The first-order chi connectivity index (χ1) is 7.72. The maximum absolute atomic E-state index is 5.41. The van der Waals surface area contributed by atoms with Gasteiger partial charge in [0.15, 0.2) is 0 Å². The highest BCUT2D eigenvalue weighted by molar-refractivity contribution is 5.18. The summed E-state index contributed by atoms with van der Waals surface area (Å²) in [6, 6.07) is 3.83. The molecule has 3 nitrogen and oxygen atoms in total. The lowest BCUT2D eigenvalue weighted by molar-refractivity contribution is 0.220. The van der Waals surface area contributed by atoms with Gasteiger partial charge in [-0.15, -0.1) is 0 Å². The molecule has 0 bridgehead atoms. The standard InChI is InChI=1S/C9H14N2O.2C2H6.H2/c1-7-3-4-11-9(5-7)12-8(2)6-10;2*1-2;/h3-5,8H,6,10H2,1-2H3;2*1-2H3;1H/t8-;;;/m1.../s1. The summed E-state index contributed by atoms with van der Waals surface area (Å²) in [5, 5.41) is 0. The van der Waals surface area contributed by atoms with Gasteiger partial charge in [0.1, 0.15) is 6.10 Å². The molecular formula is C13H28N2O. The van der Waals surface area contributed by atoms with Gasteiger partial charge in [-0.3, -0.25) is 0 Å². The lowest BCUT2D eigenvalue weighted by Crippen LogP contribution is -2.23. The lowest BCUT2D eigenvalue weighted by Gasteiger charge is -2.10. The number of nitrogens with zero attached hydrogens (tertiary/aromatic N) is 1. The van der Waals surface area contributed by atoms with Crippen molar-refractivity contribution < 1.29 is 6.16 Å². The third-order valence-electron chi connectivity index (χ3n) is 1.54. The minimum atomic E-state index is 0. The molecule has 1 atom stereocenters. The zero-order valence-corrected chi connectivity index (χ0v) is 11.4. The second-order valence-corrected chi connectivity index (χ2v) is 2.84. The van der Waals surface area contributed by atoms with Crippen LogP contribution in [0.15, 0.2) is 18.3 Å². The van der Waals surface area contributed by atoms with Gasteiger partial charge in [0.2, 0.25) is 5.88 Å². The van der Waals surface area contributed by atoms with Crippen molar-refractivity contribution in [1.82, 2.24) is 4.98 Å². The van der Waals surface area contributed by atoms with Gasteiger partial charge in [-0.2, -0.15) is 0 Å². The Balaban J connectivity index is -0.000000355. The molecule has 0 saturated heterocycles. The molecule has 0 aliphatic carbocycles. The molecule has 3 heteroatoms. The fourth-order valence-corrected chi connectivity index (χ4v) is 0.827. The summed E-state index contributed by atoms with van der Waals surface area (Å²) < 4.78 is 5.41. The second-order valence-electron chi connectivity index (χ2n) is 2.84. The largest absolute Gasteiger partial charge is 0.473 e. The van der Waals surface area contributed by atoms with Crippen LogP contribution >= 0.6 is 0 Å². The van der Waals surface area contributed by atoms with E-state index in [1.807, 2.05) is 53.7 Å². The van der Waals surface area contributed by atoms with Crippen molar-refractivity contribution >= 4 is 0 Å². The quantitative estimate of drug-likeness (QED) is 0.862. The molecule has 1 aromatic heterocycles. The van der Waals surface area contributed by atoms with Crippen LogP contribution in [0.1, 0.15) is 41.6 Å². The average molecular weight is 228 g/mol. The molecule has 1 heterocycles. The Morgan fingerprint density at radius 1 is 1.38 bits per heavy atom. The Hall–Kier alpha value is -1.09. The fourth-order valence-electron chi connectivity index (χ4n) is 0.827. The summed E-state index contributed by atoms with van der Waals surface area (Å²) in [6.07, 6.45) is 1.76. The van der Waals surface area contributed by atoms with E-state index in [0.29, 0.717) is 12.4 Å². The normalized spacial score (nSPS) is 10.2. The Morgan fingerprint density at radius 2 is 1.94 bits per heavy atom. The first kappa shape index (κ1) is 17.3. The maximum Gasteiger partial charge on any atom is 0.213 e. The van der Waals surface area contributed by atoms with Gasteiger partial charge in [-0.05, 0) is 25.5 Å². The number of ether oxygens (including phenoxy) is 1. The molecule has 0 radical (unpaired) electrons. The molecule has 16 heavy (non-hydrogen) atoms. The smallest absolute Gasteiger partial charge is 0.213 e. The summed E-state index contributed by atoms with van der Waals surface area (Å²) in [5.41, 5.74) is 6.55. The zero-order chi connectivity index (χ0) is 13.0. The van der Waals surface area contributed by atoms with E-state index in [9.17, 15) is 0 Å². The van der Waals surface area contributed by atoms with Gasteiger partial charge in [-0.25, -0.2) is 4.98 Å². The highest BCUT2D eigenvalue weighted by atomic mass is 16.5. The van der Waals surface area contributed by atoms with Crippen molar-refractivity contribution in [2.75, 3.05) is 6.54 Å². The predicted molar refractivity (Wildman–Crippen MR) is 72.9 cm³/mol. The van der Waals surface area contributed by atoms with E-state index in [0.717, 1.165) is 5.56 Å². The first-order valence-electron chi connectivity index (χ1n) is 6.01. The third kappa shape index (κ3) is 8.24. The molecule has 0 spiro atoms. The van der Waals surface area contributed by atoms with Crippen LogP contribution < -0.4 is 10.5 Å². The van der Waals surface area contributed by atoms with Crippen molar-refractivity contribution in [1.29, 1.82) is 0 Å². The van der Waals surface area contributed by atoms with Gasteiger partial charge >= 0.3 is 0 Å². The molecule has 0 aromatic carbocycles. The van der Waals surface area contributed by atoms with E-state index in [1.54, 1.807) is 6.20 Å². The summed E-state index contributed by atoms with van der Waals surface area (Å²) >= 11 is 0. The summed E-state index contributed by atoms with van der Waals surface area (Å²) in [4.78, 5) is 4.05. The van der Waals surface area contributed by atoms with Crippen LogP contribution in [-0.4, -0.2) is 17.6 Å². The number of hydrogen-bond acceptors (Lipinski definition) is 3. The van der Waals surface area contributed by atoms with Crippen LogP contribution in [-0.2, 0) is 0 Å². The summed E-state index contributed by atoms with van der Waals surface area (Å²) in [5.74, 6) is 0.646. The van der Waals surface area contributed by atoms with Crippen LogP contribution in [0.25, 0.3) is 0 Å². The molecule has 1 aromatic rings. The molecule has 1 rings (SSSR count). The molecule has 96 valence electrons. The molecule has 0 aliphatic rings. The molecule has 0 amide bonds. The first-order valence-corrected chi connectivity index (χ1v) is 6.01. The van der Waals surface area contributed by atoms with Gasteiger partial charge in [0, 0.05) is 20.2 Å². The van der Waals surface area contributed by atoms with Crippen molar-refractivity contribution in [2.45, 2.75) is 47.6 Å². The molecule has 0 aliphatic heterocycles. The maximum atomic E-state index is 5.41. The molecular weight excluding hydrogens is 200 g/mol. The van der Waals surface area contributed by atoms with Crippen LogP contribution in [0.5, 0.6) is 5.88 Å². The van der Waals surface area contributed by atoms with E-state index >= 15 is 0 Å². The molecule has 0 fully saturated rings. The zero-order valence-electron chi connectivity index (χ0n) is 11.4. The number of rotatable bonds is 3. The van der Waals surface area contributed by atoms with Crippen molar-refractivity contribution in [3.63, 3.8) is 0 Å². The Bertz CT molecular complexity index is 257. The Morgan fingerprint density at radius 3 is 2.38 bits per heavy atom. The monoisotopic (exact) mass is 228 g/mol. The van der Waals surface area contributed by atoms with E-state index in [-0.39, 0.29) is 7.53 Å². The van der Waals surface area contributed by atoms with E-state index in [2.05, 4.69) is 4.98 Å². The van der Waals surface area contributed by atoms with Gasteiger partial charge in [-0.1, -0.05) is 27.7 Å². The Kier molecular flexibility index (Phi) is 13.0. The van der Waals surface area contributed by atoms with E-state index < -0.39 is 0 Å². The lowest BCUT2D eigenvalue weighted by atomic mass is 10.3. The van der Waals surface area contributed by atoms with Crippen molar-refractivity contribution in [3.05, 3.63) is 23.9 Å². The average Bonchev–Trinajstić information content (AvgIpc) is 2.34. The molecule has 0 unspecified atom stereocenters. The number of pyridine rings is 1. The van der Waals surface area contributed by atoms with Crippen molar-refractivity contribution in [2.24, 2.45) is 5.73 Å². The molecule has 2 N–H and O–H groups in total. The van der Waals surface area contributed by atoms with Crippen LogP contribution in [0.3, 0.4) is 0 Å². The van der Waals surface area contributed by atoms with E-state index in [4.69, 9.17) is 10.5 Å². The predicted octanol–water partition coefficient (Wildman–Crippen LogP) is 3.41. The highest BCUT2D eigenvalue weighted by Crippen LogP contribution is 2.09.